The zero-order valence-electron chi connectivity index (χ0n) is 80.7. The van der Waals surface area contributed by atoms with Crippen LogP contribution in [0.5, 0.6) is 0 Å². The first-order chi connectivity index (χ1) is 71.2. The highest BCUT2D eigenvalue weighted by Gasteiger charge is 2.37. The van der Waals surface area contributed by atoms with Crippen LogP contribution in [0.3, 0.4) is 0 Å². The van der Waals surface area contributed by atoms with Gasteiger partial charge in [-0.15, -0.1) is 45.3 Å². The topological polar surface area (TPSA) is 19.4 Å². The molecule has 4 heterocycles. The first-order valence-electron chi connectivity index (χ1n) is 49.6. The molecule has 22 aromatic carbocycles. The molecule has 0 unspecified atom stereocenters. The lowest BCUT2D eigenvalue weighted by atomic mass is 9.82. The van der Waals surface area contributed by atoms with Crippen LogP contribution in [-0.2, 0) is 10.8 Å². The summed E-state index contributed by atoms with van der Waals surface area (Å²) in [6, 6.07) is 185. The van der Waals surface area contributed by atoms with Gasteiger partial charge in [-0.25, -0.2) is 0 Å². The lowest BCUT2D eigenvalue weighted by Gasteiger charge is -2.31. The molecule has 0 atom stereocenters. The molecule has 0 amide bonds. The number of rotatable bonds is 19. The average molecular weight is 1930 g/mol. The lowest BCUT2D eigenvalue weighted by molar-refractivity contribution is 0.590. The molecule has 0 spiro atoms. The fraction of sp³-hybridized carbons (Fsp3) is 0.0519. The Kier molecular flexibility index (Phi) is 22.2. The van der Waals surface area contributed by atoms with E-state index in [1.807, 2.05) is 45.3 Å². The van der Waals surface area contributed by atoms with Crippen molar-refractivity contribution in [2.24, 2.45) is 0 Å². The molecule has 0 saturated heterocycles. The number of hydrogen-bond acceptors (Lipinski definition) is 10. The average Bonchev–Trinajstić information content (AvgIpc) is 1.44. The first kappa shape index (κ1) is 88.2. The van der Waals surface area contributed by atoms with Gasteiger partial charge in [0.05, 0.1) is 11.4 Å². The van der Waals surface area contributed by atoms with Crippen molar-refractivity contribution in [1.29, 1.82) is 0 Å². The number of benzene rings is 22. The predicted molar refractivity (Wildman–Crippen MR) is 629 cm³/mol. The minimum Gasteiger partial charge on any atom is -0.310 e. The van der Waals surface area contributed by atoms with Gasteiger partial charge in [-0.05, 0) is 286 Å². The van der Waals surface area contributed by atoms with Crippen molar-refractivity contribution in [3.63, 3.8) is 0 Å². The van der Waals surface area contributed by atoms with Gasteiger partial charge in [0.25, 0.3) is 0 Å². The fourth-order valence-corrected chi connectivity index (χ4v) is 26.3. The van der Waals surface area contributed by atoms with Crippen LogP contribution in [0.25, 0.3) is 124 Å². The van der Waals surface area contributed by atoms with Crippen molar-refractivity contribution in [2.45, 2.75) is 45.4 Å². The fourth-order valence-electron chi connectivity index (χ4n) is 21.9. The Balaban J connectivity index is 0.000000148. The third-order valence-electron chi connectivity index (χ3n) is 28.9. The molecular weight excluding hydrogens is 1830 g/mol. The van der Waals surface area contributed by atoms with Crippen LogP contribution in [0.4, 0.5) is 102 Å². The minimum absolute atomic E-state index is 0.00686. The Morgan fingerprint density at radius 1 is 0.172 bits per heavy atom. The highest BCUT2D eigenvalue weighted by atomic mass is 32.1. The molecule has 10 heteroatoms. The first-order valence-corrected chi connectivity index (χ1v) is 52.9. The van der Waals surface area contributed by atoms with E-state index in [4.69, 9.17) is 0 Å². The zero-order valence-corrected chi connectivity index (χ0v) is 84.0. The molecule has 0 N–H and O–H groups in total. The summed E-state index contributed by atoms with van der Waals surface area (Å²) in [6.45, 7) is 11.6. The van der Waals surface area contributed by atoms with Crippen LogP contribution in [0.2, 0.25) is 0 Å². The molecule has 145 heavy (non-hydrogen) atoms. The van der Waals surface area contributed by atoms with Gasteiger partial charge in [0, 0.05) is 188 Å². The standard InChI is InChI=1S/C69H55N3S.C66H43N3S3/c1-68(2,3)48-23-19-28-51(41-48)71(53-34-37-59-58-31-16-17-32-62(58)69(4,5)63(59)43-53)54-35-38-60-61-42-52(36-39-66(61)73-67(60)45-54)72(64-33-18-22-46-20-12-14-29-56(46)64)65-44-55(40-47-21-13-15-30-57(47)65)70(49-24-8-6-9-25-49)50-26-10-7-11-27-50;1-4-15-44(16-5-1)45-27-29-48(30-28-45)69(50-22-14-21-49(39-50)67(46-17-6-2-7-18-46)51-32-36-63-58(40-51)55-23-10-12-25-61(55)70-63)53-34-38-65-60(42-53)57-35-31-54(43-66(57)72-65)68(47-19-8-3-9-20-47)52-33-37-64-59(41-52)56-24-11-13-26-62(56)71-64/h6-45H,1-5H3;1-43H. The summed E-state index contributed by atoms with van der Waals surface area (Å²) in [4.78, 5) is 14.5. The molecule has 1 aliphatic rings. The molecular formula is C135H98N6S4. The molecule has 6 nitrogen and oxygen atoms in total. The molecule has 27 rings (SSSR count). The number of fused-ring (bicyclic) bond motifs is 17. The van der Waals surface area contributed by atoms with E-state index in [9.17, 15) is 0 Å². The van der Waals surface area contributed by atoms with Gasteiger partial charge in [0.15, 0.2) is 0 Å². The van der Waals surface area contributed by atoms with E-state index >= 15 is 0 Å². The largest absolute Gasteiger partial charge is 0.310 e. The van der Waals surface area contributed by atoms with Gasteiger partial charge >= 0.3 is 0 Å². The Morgan fingerprint density at radius 2 is 0.490 bits per heavy atom. The van der Waals surface area contributed by atoms with Crippen LogP contribution in [0.15, 0.2) is 504 Å². The minimum atomic E-state index is -0.120. The van der Waals surface area contributed by atoms with Gasteiger partial charge < -0.3 is 29.4 Å². The van der Waals surface area contributed by atoms with Crippen molar-refractivity contribution < 1.29 is 0 Å². The van der Waals surface area contributed by atoms with Crippen LogP contribution in [0.1, 0.15) is 51.3 Å². The molecule has 0 saturated carbocycles. The molecule has 0 radical (unpaired) electrons. The summed E-state index contributed by atoms with van der Waals surface area (Å²) in [5, 5.41) is 14.8. The molecule has 0 fully saturated rings. The van der Waals surface area contributed by atoms with Crippen LogP contribution >= 0.6 is 45.3 Å². The van der Waals surface area contributed by atoms with Crippen molar-refractivity contribution in [3.05, 3.63) is 520 Å². The molecule has 26 aromatic rings. The molecule has 0 bridgehead atoms. The van der Waals surface area contributed by atoms with E-state index in [0.29, 0.717) is 0 Å². The maximum absolute atomic E-state index is 2.50. The van der Waals surface area contributed by atoms with Gasteiger partial charge in [-0.1, -0.05) is 308 Å². The summed E-state index contributed by atoms with van der Waals surface area (Å²) >= 11 is 7.43. The third-order valence-corrected chi connectivity index (χ3v) is 33.5. The van der Waals surface area contributed by atoms with Gasteiger partial charge in [-0.3, -0.25) is 0 Å². The second-order valence-electron chi connectivity index (χ2n) is 39.2. The van der Waals surface area contributed by atoms with Crippen LogP contribution in [-0.4, -0.2) is 0 Å². The smallest absolute Gasteiger partial charge is 0.0561 e. The maximum Gasteiger partial charge on any atom is 0.0561 e. The van der Waals surface area contributed by atoms with E-state index in [0.717, 1.165) is 102 Å². The zero-order chi connectivity index (χ0) is 97.0. The van der Waals surface area contributed by atoms with Crippen molar-refractivity contribution in [2.75, 3.05) is 29.4 Å². The summed E-state index contributed by atoms with van der Waals surface area (Å²) in [5.74, 6) is 0. The number of para-hydroxylation sites is 4. The van der Waals surface area contributed by atoms with Crippen molar-refractivity contribution in [1.82, 2.24) is 0 Å². The molecule has 0 aliphatic heterocycles. The van der Waals surface area contributed by atoms with E-state index < -0.39 is 0 Å². The molecule has 1 aliphatic carbocycles. The highest BCUT2D eigenvalue weighted by molar-refractivity contribution is 7.27. The predicted octanol–water partition coefficient (Wildman–Crippen LogP) is 41.2. The Hall–Kier alpha value is -17.0. The van der Waals surface area contributed by atoms with Gasteiger partial charge in [-0.2, -0.15) is 0 Å². The van der Waals surface area contributed by atoms with Crippen molar-refractivity contribution >= 4 is 250 Å². The van der Waals surface area contributed by atoms with E-state index in [-0.39, 0.29) is 10.8 Å². The number of hydrogen-bond donors (Lipinski definition) is 0. The Morgan fingerprint density at radius 3 is 1.00 bits per heavy atom. The van der Waals surface area contributed by atoms with Gasteiger partial charge in [0.2, 0.25) is 0 Å². The van der Waals surface area contributed by atoms with Gasteiger partial charge in [0.1, 0.15) is 0 Å². The Labute approximate surface area is 860 Å². The summed E-state index contributed by atoms with van der Waals surface area (Å²) in [7, 11) is 0. The normalized spacial score (nSPS) is 12.2. The summed E-state index contributed by atoms with van der Waals surface area (Å²) in [6.07, 6.45) is 0. The third kappa shape index (κ3) is 16.1. The van der Waals surface area contributed by atoms with E-state index in [1.54, 1.807) is 0 Å². The SMILES string of the molecule is CC(C)(C)c1cccc(N(c2ccc3c(c2)C(C)(C)c2ccccc2-3)c2ccc3c(c2)sc2ccc(N(c4cccc5ccccc45)c4cc(N(c5ccccc5)c5ccccc5)cc5ccccc45)cc23)c1.c1ccc(-c2ccc(N(c3cccc(N(c4ccccc4)c4ccc5sc6ccccc6c5c4)c3)c3ccc4sc5cc(N(c6ccccc6)c6ccc7sc8ccccc8c7c6)ccc5c4c3)cc2)cc1. The number of anilines is 18. The molecule has 4 aromatic heterocycles. The quantitative estimate of drug-likeness (QED) is 0.0798. The maximum atomic E-state index is 2.50. The van der Waals surface area contributed by atoms with Crippen LogP contribution in [0, 0.1) is 0 Å². The van der Waals surface area contributed by atoms with Crippen LogP contribution < -0.4 is 29.4 Å². The Bertz CT molecular complexity index is 9410. The molecule has 692 valence electrons. The lowest BCUT2D eigenvalue weighted by Crippen LogP contribution is -2.17. The number of thiophene rings is 4. The highest BCUT2D eigenvalue weighted by Crippen LogP contribution is 2.56. The number of nitrogens with zero attached hydrogens (tertiary/aromatic N) is 6. The summed E-state index contributed by atoms with van der Waals surface area (Å²) < 4.78 is 10.2. The second kappa shape index (κ2) is 36.5. The summed E-state index contributed by atoms with van der Waals surface area (Å²) in [5.41, 5.74) is 29.0. The van der Waals surface area contributed by atoms with E-state index in [1.165, 1.54) is 141 Å². The second-order valence-corrected chi connectivity index (χ2v) is 43.5. The van der Waals surface area contributed by atoms with E-state index in [2.05, 4.69) is 568 Å². The van der Waals surface area contributed by atoms with Crippen molar-refractivity contribution in [3.8, 4) is 22.3 Å². The monoisotopic (exact) mass is 1930 g/mol.